The highest BCUT2D eigenvalue weighted by Crippen LogP contribution is 2.38. The van der Waals surface area contributed by atoms with E-state index in [1.807, 2.05) is 0 Å². The number of Topliss-reactive ketones (excluding diaryl/α,β-unsaturated/α-hetero) is 1. The SMILES string of the molecule is COC(=O)N/C=C/CCCc1cc(O)c(C(=O)/C(C)=C/c2sc(Oc3ccc(F)c(F)c3)cc2Br)c(=O)o1. The topological polar surface area (TPSA) is 115 Å². The minimum absolute atomic E-state index is 0.0949. The fourth-order valence-electron chi connectivity index (χ4n) is 3.15. The average molecular weight is 610 g/mol. The van der Waals surface area contributed by atoms with Gasteiger partial charge in [0.05, 0.1) is 7.11 Å². The van der Waals surface area contributed by atoms with Crippen LogP contribution < -0.4 is 15.7 Å². The molecule has 0 atom stereocenters. The number of ether oxygens (including phenoxy) is 2. The van der Waals surface area contributed by atoms with Crippen molar-refractivity contribution in [2.45, 2.75) is 26.2 Å². The highest BCUT2D eigenvalue weighted by atomic mass is 79.9. The van der Waals surface area contributed by atoms with Crippen molar-refractivity contribution in [3.63, 3.8) is 0 Å². The van der Waals surface area contributed by atoms with Gasteiger partial charge in [0.15, 0.2) is 22.5 Å². The van der Waals surface area contributed by atoms with E-state index in [1.165, 1.54) is 38.4 Å². The number of alkyl carbamates (subject to hydrolysis) is 1. The molecule has 1 aromatic carbocycles. The number of amides is 1. The Morgan fingerprint density at radius 2 is 1.97 bits per heavy atom. The van der Waals surface area contributed by atoms with Gasteiger partial charge in [-0.25, -0.2) is 18.4 Å². The van der Waals surface area contributed by atoms with E-state index in [4.69, 9.17) is 9.15 Å². The number of ketones is 1. The van der Waals surface area contributed by atoms with Crippen LogP contribution in [0.25, 0.3) is 6.08 Å². The number of unbranched alkanes of at least 4 members (excludes halogenated alkanes) is 1. The number of aromatic hydroxyl groups is 1. The number of benzene rings is 1. The second kappa shape index (κ2) is 13.2. The van der Waals surface area contributed by atoms with E-state index in [-0.39, 0.29) is 17.1 Å². The summed E-state index contributed by atoms with van der Waals surface area (Å²) in [6, 6.07) is 5.96. The highest BCUT2D eigenvalue weighted by Gasteiger charge is 2.21. The minimum Gasteiger partial charge on any atom is -0.507 e. The van der Waals surface area contributed by atoms with Crippen LogP contribution in [-0.4, -0.2) is 24.1 Å². The molecule has 3 aromatic rings. The summed E-state index contributed by atoms with van der Waals surface area (Å²) in [6.07, 6.45) is 5.44. The molecule has 0 spiro atoms. The van der Waals surface area contributed by atoms with Crippen molar-refractivity contribution in [3.05, 3.63) is 90.9 Å². The second-order valence-electron chi connectivity index (χ2n) is 7.80. The third kappa shape index (κ3) is 7.62. The Labute approximate surface area is 228 Å². The van der Waals surface area contributed by atoms with Gasteiger partial charge in [-0.1, -0.05) is 17.4 Å². The molecule has 38 heavy (non-hydrogen) atoms. The zero-order chi connectivity index (χ0) is 27.8. The quantitative estimate of drug-likeness (QED) is 0.149. The lowest BCUT2D eigenvalue weighted by atomic mass is 10.0. The summed E-state index contributed by atoms with van der Waals surface area (Å²) in [4.78, 5) is 36.9. The van der Waals surface area contributed by atoms with Gasteiger partial charge in [-0.15, -0.1) is 0 Å². The van der Waals surface area contributed by atoms with Crippen molar-refractivity contribution < 1.29 is 37.4 Å². The Kier molecular flexibility index (Phi) is 9.97. The molecule has 0 aliphatic rings. The van der Waals surface area contributed by atoms with E-state index in [0.717, 1.165) is 23.5 Å². The Morgan fingerprint density at radius 1 is 1.21 bits per heavy atom. The molecule has 3 rings (SSSR count). The maximum absolute atomic E-state index is 13.4. The van der Waals surface area contributed by atoms with Crippen LogP contribution >= 0.6 is 27.3 Å². The predicted molar refractivity (Wildman–Crippen MR) is 141 cm³/mol. The van der Waals surface area contributed by atoms with E-state index < -0.39 is 40.4 Å². The summed E-state index contributed by atoms with van der Waals surface area (Å²) in [5, 5.41) is 13.1. The molecule has 0 bridgehead atoms. The molecule has 8 nitrogen and oxygen atoms in total. The van der Waals surface area contributed by atoms with Gasteiger partial charge in [0, 0.05) is 40.2 Å². The van der Waals surface area contributed by atoms with Crippen molar-refractivity contribution >= 4 is 45.2 Å². The number of rotatable bonds is 10. The third-order valence-electron chi connectivity index (χ3n) is 5.01. The van der Waals surface area contributed by atoms with Gasteiger partial charge in [-0.3, -0.25) is 10.1 Å². The molecule has 2 heterocycles. The number of thiophene rings is 1. The zero-order valence-electron chi connectivity index (χ0n) is 20.2. The minimum atomic E-state index is -1.05. The summed E-state index contributed by atoms with van der Waals surface area (Å²) in [5.41, 5.74) is -1.31. The number of carbonyl (C=O) groups is 2. The number of methoxy groups -OCH3 is 1. The Morgan fingerprint density at radius 3 is 2.66 bits per heavy atom. The number of hydrogen-bond acceptors (Lipinski definition) is 8. The maximum Gasteiger partial charge on any atom is 0.410 e. The number of allylic oxidation sites excluding steroid dienone is 2. The fourth-order valence-corrected chi connectivity index (χ4v) is 4.79. The van der Waals surface area contributed by atoms with Crippen LogP contribution in [0.5, 0.6) is 16.6 Å². The lowest BCUT2D eigenvalue weighted by Gasteiger charge is -2.05. The smallest absolute Gasteiger partial charge is 0.410 e. The molecule has 2 aromatic heterocycles. The van der Waals surface area contributed by atoms with Gasteiger partial charge >= 0.3 is 11.7 Å². The van der Waals surface area contributed by atoms with Gasteiger partial charge in [-0.05, 0) is 59.5 Å². The van der Waals surface area contributed by atoms with Crippen molar-refractivity contribution in [2.75, 3.05) is 7.11 Å². The van der Waals surface area contributed by atoms with Gasteiger partial charge in [0.2, 0.25) is 0 Å². The van der Waals surface area contributed by atoms with Gasteiger partial charge in [-0.2, -0.15) is 0 Å². The van der Waals surface area contributed by atoms with E-state index in [2.05, 4.69) is 26.0 Å². The molecular formula is C26H22BrF2NO7S. The molecule has 0 radical (unpaired) electrons. The molecule has 2 N–H and O–H groups in total. The molecule has 12 heteroatoms. The number of aryl methyl sites for hydroxylation is 1. The highest BCUT2D eigenvalue weighted by molar-refractivity contribution is 9.10. The number of nitrogens with one attached hydrogen (secondary N) is 1. The van der Waals surface area contributed by atoms with Crippen molar-refractivity contribution in [1.82, 2.24) is 5.32 Å². The number of hydrogen-bond donors (Lipinski definition) is 2. The summed E-state index contributed by atoms with van der Waals surface area (Å²) in [6.45, 7) is 1.48. The monoisotopic (exact) mass is 609 g/mol. The molecule has 200 valence electrons. The molecule has 0 aliphatic carbocycles. The average Bonchev–Trinajstić information content (AvgIpc) is 3.20. The second-order valence-corrected chi connectivity index (χ2v) is 9.70. The van der Waals surface area contributed by atoms with Crippen molar-refractivity contribution in [3.8, 4) is 16.6 Å². The number of halogens is 3. The first-order valence-electron chi connectivity index (χ1n) is 11.1. The van der Waals surface area contributed by atoms with Crippen LogP contribution in [0, 0.1) is 11.6 Å². The largest absolute Gasteiger partial charge is 0.507 e. The van der Waals surface area contributed by atoms with Crippen molar-refractivity contribution in [2.24, 2.45) is 0 Å². The predicted octanol–water partition coefficient (Wildman–Crippen LogP) is 6.72. The van der Waals surface area contributed by atoms with Crippen LogP contribution in [0.3, 0.4) is 0 Å². The molecule has 0 saturated carbocycles. The van der Waals surface area contributed by atoms with E-state index in [0.29, 0.717) is 33.7 Å². The Bertz CT molecular complexity index is 1460. The summed E-state index contributed by atoms with van der Waals surface area (Å²) >= 11 is 4.48. The van der Waals surface area contributed by atoms with Gasteiger partial charge < -0.3 is 19.0 Å². The van der Waals surface area contributed by atoms with E-state index >= 15 is 0 Å². The first kappa shape index (κ1) is 28.8. The molecular weight excluding hydrogens is 588 g/mol. The third-order valence-corrected chi connectivity index (χ3v) is 6.89. The molecule has 1 amide bonds. The lowest BCUT2D eigenvalue weighted by Crippen LogP contribution is -2.16. The molecule has 0 saturated heterocycles. The first-order valence-corrected chi connectivity index (χ1v) is 12.7. The summed E-state index contributed by atoms with van der Waals surface area (Å²) in [5.74, 6) is -2.95. The Hall–Kier alpha value is -3.77. The number of carbonyl (C=O) groups excluding carboxylic acids is 2. The Balaban J connectivity index is 1.68. The van der Waals surface area contributed by atoms with Crippen LogP contribution in [0.2, 0.25) is 0 Å². The van der Waals surface area contributed by atoms with Gasteiger partial charge in [0.25, 0.3) is 0 Å². The maximum atomic E-state index is 13.4. The standard InChI is InChI=1S/C26H22BrF2NO7S/c1-14(10-21-17(27)13-22(38-21)36-16-7-8-18(28)19(29)11-16)24(32)23-20(31)12-15(37-25(23)33)6-4-3-5-9-30-26(34)35-2/h5,7-13,31H,3-4,6H2,1-2H3,(H,30,34)/b9-5+,14-10+. The first-order chi connectivity index (χ1) is 18.1. The van der Waals surface area contributed by atoms with E-state index in [1.54, 1.807) is 12.1 Å². The van der Waals surface area contributed by atoms with Crippen LogP contribution in [-0.2, 0) is 11.2 Å². The summed E-state index contributed by atoms with van der Waals surface area (Å²) in [7, 11) is 1.25. The van der Waals surface area contributed by atoms with E-state index in [9.17, 15) is 28.3 Å². The van der Waals surface area contributed by atoms with Gasteiger partial charge in [0.1, 0.15) is 22.8 Å². The summed E-state index contributed by atoms with van der Waals surface area (Å²) < 4.78 is 42.3. The molecule has 0 aliphatic heterocycles. The molecule has 0 fully saturated rings. The zero-order valence-corrected chi connectivity index (χ0v) is 22.6. The van der Waals surface area contributed by atoms with Crippen molar-refractivity contribution in [1.29, 1.82) is 0 Å². The fraction of sp³-hybridized carbons (Fsp3) is 0.192. The molecule has 0 unspecified atom stereocenters. The normalized spacial score (nSPS) is 11.6. The van der Waals surface area contributed by atoms with Crippen LogP contribution in [0.1, 0.15) is 40.8 Å². The van der Waals surface area contributed by atoms with Crippen LogP contribution in [0.15, 0.2) is 61.9 Å². The lowest BCUT2D eigenvalue weighted by molar-refractivity contribution is 0.102. The van der Waals surface area contributed by atoms with Crippen LogP contribution in [0.4, 0.5) is 13.6 Å².